The van der Waals surface area contributed by atoms with E-state index in [4.69, 9.17) is 0 Å². The second-order valence-corrected chi connectivity index (χ2v) is 22.7. The number of Topliss-reactive ketones (excluding diaryl/α,β-unsaturated/α-hetero) is 5. The van der Waals surface area contributed by atoms with Crippen LogP contribution in [0.2, 0.25) is 0 Å². The average Bonchev–Trinajstić information content (AvgIpc) is 3.90. The van der Waals surface area contributed by atoms with Crippen LogP contribution in [-0.2, 0) is 26.2 Å². The summed E-state index contributed by atoms with van der Waals surface area (Å²) >= 11 is 0. The van der Waals surface area contributed by atoms with Gasteiger partial charge in [-0.25, -0.2) is 0 Å². The zero-order valence-electron chi connectivity index (χ0n) is 48.7. The van der Waals surface area contributed by atoms with Gasteiger partial charge in [-0.3, -0.25) is 28.8 Å². The molecule has 10 rings (SSSR count). The molecule has 0 unspecified atom stereocenters. The van der Waals surface area contributed by atoms with Crippen molar-refractivity contribution in [2.45, 2.75) is 98.3 Å². The van der Waals surface area contributed by atoms with Gasteiger partial charge in [0, 0.05) is 161 Å². The molecule has 1 amide bonds. The molecule has 0 aliphatic carbocycles. The Morgan fingerprint density at radius 1 is 0.476 bits per heavy atom. The minimum atomic E-state index is -0.452. The van der Waals surface area contributed by atoms with Crippen molar-refractivity contribution in [3.63, 3.8) is 0 Å². The van der Waals surface area contributed by atoms with Crippen molar-refractivity contribution < 1.29 is 39.0 Å². The first-order valence-corrected chi connectivity index (χ1v) is 29.0. The lowest BCUT2D eigenvalue weighted by atomic mass is 9.96. The predicted molar refractivity (Wildman–Crippen MR) is 327 cm³/mol. The number of amides is 1. The van der Waals surface area contributed by atoms with Gasteiger partial charge in [-0.05, 0) is 158 Å². The molecule has 0 fully saturated rings. The molecular weight excluding hydrogens is 1030 g/mol. The second kappa shape index (κ2) is 23.8. The lowest BCUT2D eigenvalue weighted by molar-refractivity contribution is 0.0815. The van der Waals surface area contributed by atoms with Gasteiger partial charge in [0.05, 0.1) is 22.2 Å². The van der Waals surface area contributed by atoms with E-state index in [1.807, 2.05) is 81.7 Å². The number of likely N-dealkylation sites (N-methyl/N-ethyl adjacent to an activating group) is 1. The highest BCUT2D eigenvalue weighted by Gasteiger charge is 2.30. The van der Waals surface area contributed by atoms with Crippen LogP contribution >= 0.6 is 0 Å². The Hall–Kier alpha value is -7.98. The summed E-state index contributed by atoms with van der Waals surface area (Å²) in [7, 11) is 9.91. The first-order valence-electron chi connectivity index (χ1n) is 29.0. The van der Waals surface area contributed by atoms with Crippen LogP contribution in [0.25, 0.3) is 65.4 Å². The van der Waals surface area contributed by atoms with Crippen LogP contribution < -0.4 is 0 Å². The number of nitrogens with zero attached hydrogens (tertiary/aromatic N) is 7. The van der Waals surface area contributed by atoms with Gasteiger partial charge in [0.1, 0.15) is 11.5 Å². The molecule has 0 radical (unpaired) electrons. The lowest BCUT2D eigenvalue weighted by Crippen LogP contribution is -2.26. The first kappa shape index (κ1) is 57.3. The SMILES string of the molecule is CCC(=O)c1ccc2c(c1)c1cc(C(=O)CCCC(=O)c3ccc4c(c3)c3cc(C(=O)CCC(=O)c5cc6c7c8c(ccc7n(CCCN(C)C)c6cc5O)C(=O)N(C)C8)c(O)cc3n4CCN(CC)CC)ccc1n2CCCN(C)C. The summed E-state index contributed by atoms with van der Waals surface area (Å²) < 4.78 is 6.52. The largest absolute Gasteiger partial charge is 0.507 e. The molecule has 0 spiro atoms. The summed E-state index contributed by atoms with van der Waals surface area (Å²) in [5, 5.41) is 28.0. The Labute approximate surface area is 478 Å². The molecule has 4 heterocycles. The van der Waals surface area contributed by atoms with E-state index in [1.54, 1.807) is 42.3 Å². The van der Waals surface area contributed by atoms with E-state index in [9.17, 15) is 39.0 Å². The fourth-order valence-electron chi connectivity index (χ4n) is 12.4. The summed E-state index contributed by atoms with van der Waals surface area (Å²) in [6, 6.07) is 27.6. The van der Waals surface area contributed by atoms with E-state index in [2.05, 4.69) is 56.3 Å². The fraction of sp³-hybridized carbons (Fsp3) is 0.373. The molecule has 15 heteroatoms. The number of aromatic nitrogens is 3. The van der Waals surface area contributed by atoms with Gasteiger partial charge in [0.2, 0.25) is 0 Å². The smallest absolute Gasteiger partial charge is 0.254 e. The number of fused-ring (bicyclic) bond motifs is 11. The molecule has 426 valence electrons. The Morgan fingerprint density at radius 3 is 1.40 bits per heavy atom. The molecular formula is C67H75N7O8. The minimum Gasteiger partial charge on any atom is -0.507 e. The number of phenolic OH excluding ortho intramolecular Hbond substituents is 2. The summed E-state index contributed by atoms with van der Waals surface area (Å²) in [5.41, 5.74) is 8.50. The topological polar surface area (TPSA) is 171 Å². The molecule has 0 bridgehead atoms. The van der Waals surface area contributed by atoms with Crippen molar-refractivity contribution in [2.75, 3.05) is 68.0 Å². The van der Waals surface area contributed by atoms with Gasteiger partial charge < -0.3 is 43.5 Å². The van der Waals surface area contributed by atoms with Gasteiger partial charge in [0.25, 0.3) is 5.91 Å². The van der Waals surface area contributed by atoms with Crippen LogP contribution in [0.4, 0.5) is 0 Å². The number of aromatic hydroxyl groups is 2. The van der Waals surface area contributed by atoms with E-state index in [-0.39, 0.29) is 71.6 Å². The highest BCUT2D eigenvalue weighted by atomic mass is 16.3. The third kappa shape index (κ3) is 11.0. The zero-order chi connectivity index (χ0) is 58.3. The van der Waals surface area contributed by atoms with E-state index >= 15 is 0 Å². The van der Waals surface area contributed by atoms with Crippen molar-refractivity contribution in [1.29, 1.82) is 0 Å². The summed E-state index contributed by atoms with van der Waals surface area (Å²) in [5.74, 6) is -1.52. The Balaban J connectivity index is 0.893. The van der Waals surface area contributed by atoms with Gasteiger partial charge in [-0.1, -0.05) is 20.8 Å². The maximum atomic E-state index is 14.2. The second-order valence-electron chi connectivity index (χ2n) is 22.7. The molecule has 1 aliphatic rings. The molecule has 0 saturated carbocycles. The zero-order valence-corrected chi connectivity index (χ0v) is 48.7. The first-order chi connectivity index (χ1) is 39.4. The molecule has 6 aromatic carbocycles. The highest BCUT2D eigenvalue weighted by Crippen LogP contribution is 2.41. The van der Waals surface area contributed by atoms with Crippen molar-refractivity contribution in [3.8, 4) is 11.5 Å². The van der Waals surface area contributed by atoms with E-state index < -0.39 is 11.6 Å². The number of hydrogen-bond acceptors (Lipinski definition) is 11. The van der Waals surface area contributed by atoms with Crippen LogP contribution in [0.1, 0.15) is 140 Å². The highest BCUT2D eigenvalue weighted by molar-refractivity contribution is 6.18. The van der Waals surface area contributed by atoms with Gasteiger partial charge in [-0.2, -0.15) is 0 Å². The third-order valence-electron chi connectivity index (χ3n) is 16.9. The molecule has 0 atom stereocenters. The van der Waals surface area contributed by atoms with E-state index in [1.165, 1.54) is 0 Å². The van der Waals surface area contributed by atoms with E-state index in [0.717, 1.165) is 112 Å². The van der Waals surface area contributed by atoms with Crippen molar-refractivity contribution in [1.82, 2.24) is 33.3 Å². The number of rotatable bonds is 26. The van der Waals surface area contributed by atoms with Crippen LogP contribution in [0.15, 0.2) is 91.0 Å². The fourth-order valence-corrected chi connectivity index (χ4v) is 12.4. The van der Waals surface area contributed by atoms with Gasteiger partial charge in [0.15, 0.2) is 28.9 Å². The normalized spacial score (nSPS) is 12.8. The molecule has 3 aromatic heterocycles. The number of aryl methyl sites for hydroxylation is 2. The van der Waals surface area contributed by atoms with Crippen LogP contribution in [0.5, 0.6) is 11.5 Å². The Morgan fingerprint density at radius 2 is 0.915 bits per heavy atom. The third-order valence-corrected chi connectivity index (χ3v) is 16.9. The monoisotopic (exact) mass is 1110 g/mol. The number of benzene rings is 6. The molecule has 1 aliphatic heterocycles. The number of phenols is 2. The number of carbonyl (C=O) groups is 6. The Bertz CT molecular complexity index is 4040. The number of ketones is 5. The van der Waals surface area contributed by atoms with Crippen LogP contribution in [0.3, 0.4) is 0 Å². The maximum absolute atomic E-state index is 14.2. The lowest BCUT2D eigenvalue weighted by Gasteiger charge is -2.19. The van der Waals surface area contributed by atoms with Crippen molar-refractivity contribution in [2.24, 2.45) is 0 Å². The van der Waals surface area contributed by atoms with Crippen LogP contribution in [0, 0.1) is 0 Å². The summed E-state index contributed by atoms with van der Waals surface area (Å²) in [6.45, 7) is 12.7. The van der Waals surface area contributed by atoms with Crippen molar-refractivity contribution >= 4 is 100 Å². The maximum Gasteiger partial charge on any atom is 0.254 e. The number of carbonyl (C=O) groups excluding carboxylic acids is 6. The molecule has 2 N–H and O–H groups in total. The number of hydrogen-bond donors (Lipinski definition) is 2. The van der Waals surface area contributed by atoms with Crippen molar-refractivity contribution in [3.05, 3.63) is 130 Å². The minimum absolute atomic E-state index is 0.0464. The molecule has 82 heavy (non-hydrogen) atoms. The predicted octanol–water partition coefficient (Wildman–Crippen LogP) is 11.9. The van der Waals surface area contributed by atoms with E-state index in [0.29, 0.717) is 65.6 Å². The average molecular weight is 1110 g/mol. The molecule has 9 aromatic rings. The quantitative estimate of drug-likeness (QED) is 0.0495. The summed E-state index contributed by atoms with van der Waals surface area (Å²) in [6.07, 6.45) is 2.31. The van der Waals surface area contributed by atoms with Gasteiger partial charge in [-0.15, -0.1) is 0 Å². The molecule has 15 nitrogen and oxygen atoms in total. The Kier molecular flexibility index (Phi) is 16.7. The van der Waals surface area contributed by atoms with Gasteiger partial charge >= 0.3 is 0 Å². The molecule has 0 saturated heterocycles. The van der Waals surface area contributed by atoms with Crippen LogP contribution in [-0.4, -0.2) is 146 Å². The summed E-state index contributed by atoms with van der Waals surface area (Å²) in [4.78, 5) is 90.6. The standard InChI is InChI=1S/C67H75N7O8/c1-9-59(75)41-17-21-53-45(33-41)46-34-42(18-22-54(46)72(53)29-13-27-68(4)5)60(76)15-12-16-61(77)43-19-23-55-47(35-43)48-36-50(64(80)38-57(48)74(55)32-31-71(10-2)11-3)62(78)25-26-63(79)51-37-49-58(39-65(51)81)73(30-14-28-69(6)7)56-24-20-44-52(66(49)56)40-70(8)67(44)82/h17-24,33-39,80-81H,9-16,25-32,40H2,1-8H3.